The van der Waals surface area contributed by atoms with Crippen LogP contribution in [0.2, 0.25) is 0 Å². The van der Waals surface area contributed by atoms with Crippen LogP contribution in [0.25, 0.3) is 0 Å². The van der Waals surface area contributed by atoms with Crippen LogP contribution in [0, 0.1) is 0 Å². The van der Waals surface area contributed by atoms with E-state index in [2.05, 4.69) is 5.32 Å². The van der Waals surface area contributed by atoms with E-state index < -0.39 is 0 Å². The summed E-state index contributed by atoms with van der Waals surface area (Å²) in [5.74, 6) is 0.186. The van der Waals surface area contributed by atoms with E-state index in [1.54, 1.807) is 14.0 Å². The maximum atomic E-state index is 11.2. The summed E-state index contributed by atoms with van der Waals surface area (Å²) < 4.78 is 11.0. The lowest BCUT2D eigenvalue weighted by Crippen LogP contribution is -2.50. The fourth-order valence-electron chi connectivity index (χ4n) is 2.69. The van der Waals surface area contributed by atoms with Crippen LogP contribution in [0.15, 0.2) is 0 Å². The predicted molar refractivity (Wildman–Crippen MR) is 68.5 cm³/mol. The molecule has 5 nitrogen and oxygen atoms in total. The third-order valence-corrected chi connectivity index (χ3v) is 4.15. The van der Waals surface area contributed by atoms with E-state index in [-0.39, 0.29) is 11.5 Å². The normalized spacial score (nSPS) is 29.8. The smallest absolute Gasteiger partial charge is 0.219 e. The highest BCUT2D eigenvalue weighted by atomic mass is 16.5. The van der Waals surface area contributed by atoms with Crippen molar-refractivity contribution in [3.05, 3.63) is 0 Å². The minimum Gasteiger partial charge on any atom is -0.378 e. The highest BCUT2D eigenvalue weighted by Crippen LogP contribution is 2.22. The maximum Gasteiger partial charge on any atom is 0.219 e. The molecule has 2 aliphatic rings. The molecule has 104 valence electrons. The fraction of sp³-hybridized carbons (Fsp3) is 0.923. The Bertz CT molecular complexity index is 282. The molecule has 0 aromatic carbocycles. The zero-order valence-corrected chi connectivity index (χ0v) is 11.4. The Labute approximate surface area is 109 Å². The van der Waals surface area contributed by atoms with Crippen LogP contribution in [-0.2, 0) is 14.3 Å². The third kappa shape index (κ3) is 3.22. The Hall–Kier alpha value is -0.650. The SMILES string of the molecule is COC1(CNC2CCN(C(C)=O)CC2)CCOC1. The van der Waals surface area contributed by atoms with Gasteiger partial charge < -0.3 is 19.7 Å². The van der Waals surface area contributed by atoms with Gasteiger partial charge in [-0.25, -0.2) is 0 Å². The molecule has 0 aromatic rings. The topological polar surface area (TPSA) is 50.8 Å². The molecule has 1 atom stereocenters. The number of amides is 1. The molecule has 2 fully saturated rings. The number of likely N-dealkylation sites (tertiary alicyclic amines) is 1. The van der Waals surface area contributed by atoms with Gasteiger partial charge in [0.15, 0.2) is 0 Å². The summed E-state index contributed by atoms with van der Waals surface area (Å²) in [5.41, 5.74) is -0.141. The third-order valence-electron chi connectivity index (χ3n) is 4.15. The minimum atomic E-state index is -0.141. The van der Waals surface area contributed by atoms with Gasteiger partial charge in [-0.05, 0) is 12.8 Å². The number of rotatable bonds is 4. The summed E-state index contributed by atoms with van der Waals surface area (Å²) in [5, 5.41) is 3.57. The van der Waals surface area contributed by atoms with Crippen molar-refractivity contribution >= 4 is 5.91 Å². The largest absolute Gasteiger partial charge is 0.378 e. The summed E-state index contributed by atoms with van der Waals surface area (Å²) in [6.45, 7) is 5.69. The van der Waals surface area contributed by atoms with Gasteiger partial charge in [-0.2, -0.15) is 0 Å². The molecule has 0 aromatic heterocycles. The summed E-state index contributed by atoms with van der Waals surface area (Å²) in [7, 11) is 1.76. The van der Waals surface area contributed by atoms with Crippen molar-refractivity contribution in [1.29, 1.82) is 0 Å². The van der Waals surface area contributed by atoms with E-state index in [0.717, 1.165) is 45.5 Å². The molecule has 5 heteroatoms. The Kier molecular flexibility index (Phi) is 4.59. The lowest BCUT2D eigenvalue weighted by atomic mass is 10.00. The Morgan fingerprint density at radius 2 is 2.22 bits per heavy atom. The number of carbonyl (C=O) groups excluding carboxylic acids is 1. The first-order chi connectivity index (χ1) is 8.65. The van der Waals surface area contributed by atoms with Gasteiger partial charge in [0.2, 0.25) is 5.91 Å². The van der Waals surface area contributed by atoms with Gasteiger partial charge in [0.25, 0.3) is 0 Å². The van der Waals surface area contributed by atoms with Gasteiger partial charge >= 0.3 is 0 Å². The van der Waals surface area contributed by atoms with Crippen LogP contribution in [0.5, 0.6) is 0 Å². The molecule has 0 spiro atoms. The number of methoxy groups -OCH3 is 1. The average molecular weight is 256 g/mol. The molecule has 0 aliphatic carbocycles. The van der Waals surface area contributed by atoms with Crippen LogP contribution in [0.4, 0.5) is 0 Å². The molecule has 0 bridgehead atoms. The minimum absolute atomic E-state index is 0.141. The van der Waals surface area contributed by atoms with Crippen molar-refractivity contribution in [2.24, 2.45) is 0 Å². The number of nitrogens with one attached hydrogen (secondary N) is 1. The van der Waals surface area contributed by atoms with Crippen LogP contribution in [-0.4, -0.2) is 62.4 Å². The second-order valence-electron chi connectivity index (χ2n) is 5.35. The van der Waals surface area contributed by atoms with Gasteiger partial charge in [-0.3, -0.25) is 4.79 Å². The molecule has 18 heavy (non-hydrogen) atoms. The Morgan fingerprint density at radius 1 is 1.50 bits per heavy atom. The van der Waals surface area contributed by atoms with E-state index in [0.29, 0.717) is 12.6 Å². The molecular formula is C13H24N2O3. The number of carbonyl (C=O) groups is 1. The van der Waals surface area contributed by atoms with E-state index in [4.69, 9.17) is 9.47 Å². The van der Waals surface area contributed by atoms with Gasteiger partial charge in [-0.15, -0.1) is 0 Å². The molecule has 2 aliphatic heterocycles. The zero-order chi connectivity index (χ0) is 13.0. The quantitative estimate of drug-likeness (QED) is 0.790. The number of hydrogen-bond acceptors (Lipinski definition) is 4. The van der Waals surface area contributed by atoms with E-state index >= 15 is 0 Å². The number of nitrogens with zero attached hydrogens (tertiary/aromatic N) is 1. The van der Waals surface area contributed by atoms with Crippen LogP contribution in [0.1, 0.15) is 26.2 Å². The maximum absolute atomic E-state index is 11.2. The molecule has 0 saturated carbocycles. The van der Waals surface area contributed by atoms with Crippen LogP contribution >= 0.6 is 0 Å². The first-order valence-electron chi connectivity index (χ1n) is 6.77. The molecule has 2 saturated heterocycles. The number of piperidine rings is 1. The fourth-order valence-corrected chi connectivity index (χ4v) is 2.69. The van der Waals surface area contributed by atoms with Gasteiger partial charge in [0.05, 0.1) is 6.61 Å². The highest BCUT2D eigenvalue weighted by Gasteiger charge is 2.35. The lowest BCUT2D eigenvalue weighted by molar-refractivity contribution is -0.129. The van der Waals surface area contributed by atoms with Gasteiger partial charge in [-0.1, -0.05) is 0 Å². The molecule has 2 heterocycles. The van der Waals surface area contributed by atoms with E-state index in [9.17, 15) is 4.79 Å². The highest BCUT2D eigenvalue weighted by molar-refractivity contribution is 5.73. The van der Waals surface area contributed by atoms with Crippen molar-refractivity contribution in [2.45, 2.75) is 37.8 Å². The molecule has 0 radical (unpaired) electrons. The summed E-state index contributed by atoms with van der Waals surface area (Å²) >= 11 is 0. The van der Waals surface area contributed by atoms with Crippen molar-refractivity contribution in [3.63, 3.8) is 0 Å². The Balaban J connectivity index is 1.73. The monoisotopic (exact) mass is 256 g/mol. The predicted octanol–water partition coefficient (Wildman–Crippen LogP) is 0.392. The molecule has 1 unspecified atom stereocenters. The van der Waals surface area contributed by atoms with Crippen LogP contribution < -0.4 is 5.32 Å². The van der Waals surface area contributed by atoms with Crippen molar-refractivity contribution in [1.82, 2.24) is 10.2 Å². The second-order valence-corrected chi connectivity index (χ2v) is 5.35. The summed E-state index contributed by atoms with van der Waals surface area (Å²) in [6.07, 6.45) is 3.02. The average Bonchev–Trinajstić information content (AvgIpc) is 2.86. The molecule has 1 amide bonds. The van der Waals surface area contributed by atoms with Crippen molar-refractivity contribution in [3.8, 4) is 0 Å². The first-order valence-corrected chi connectivity index (χ1v) is 6.77. The zero-order valence-electron chi connectivity index (χ0n) is 11.4. The lowest BCUT2D eigenvalue weighted by Gasteiger charge is -2.34. The Morgan fingerprint density at radius 3 is 2.72 bits per heavy atom. The van der Waals surface area contributed by atoms with Gasteiger partial charge in [0.1, 0.15) is 5.60 Å². The van der Waals surface area contributed by atoms with Crippen molar-refractivity contribution in [2.75, 3.05) is 40.0 Å². The standard InChI is InChI=1S/C13H24N2O3/c1-11(16)15-6-3-12(4-7-15)14-9-13(17-2)5-8-18-10-13/h12,14H,3-10H2,1-2H3. The van der Waals surface area contributed by atoms with Crippen LogP contribution in [0.3, 0.4) is 0 Å². The molecular weight excluding hydrogens is 232 g/mol. The number of ether oxygens (including phenoxy) is 2. The summed E-state index contributed by atoms with van der Waals surface area (Å²) in [6, 6.07) is 0.494. The summed E-state index contributed by atoms with van der Waals surface area (Å²) in [4.78, 5) is 13.2. The first kappa shape index (κ1) is 13.8. The number of hydrogen-bond donors (Lipinski definition) is 1. The van der Waals surface area contributed by atoms with Gasteiger partial charge in [0, 0.05) is 52.7 Å². The van der Waals surface area contributed by atoms with Crippen molar-refractivity contribution < 1.29 is 14.3 Å². The van der Waals surface area contributed by atoms with E-state index in [1.807, 2.05) is 4.90 Å². The molecule has 1 N–H and O–H groups in total. The molecule has 2 rings (SSSR count). The second kappa shape index (κ2) is 5.99. The van der Waals surface area contributed by atoms with E-state index in [1.165, 1.54) is 0 Å².